The summed E-state index contributed by atoms with van der Waals surface area (Å²) in [6, 6.07) is 7.21. The van der Waals surface area contributed by atoms with Gasteiger partial charge in [-0.2, -0.15) is 10.4 Å². The molecule has 2 heterocycles. The van der Waals surface area contributed by atoms with Gasteiger partial charge in [0, 0.05) is 29.0 Å². The molecule has 2 aliphatic rings. The quantitative estimate of drug-likeness (QED) is 0.641. The number of ether oxygens (including phenoxy) is 1. The predicted molar refractivity (Wildman–Crippen MR) is 127 cm³/mol. The van der Waals surface area contributed by atoms with Crippen LogP contribution in [0.4, 0.5) is 5.82 Å². The van der Waals surface area contributed by atoms with E-state index in [0.29, 0.717) is 30.1 Å². The van der Waals surface area contributed by atoms with E-state index in [1.165, 1.54) is 0 Å². The first-order valence-corrected chi connectivity index (χ1v) is 11.4. The van der Waals surface area contributed by atoms with Crippen LogP contribution in [-0.2, 0) is 0 Å². The molecule has 1 aromatic carbocycles. The number of nitrogen functional groups attached to an aromatic ring is 1. The molecule has 0 radical (unpaired) electrons. The molecule has 1 aliphatic heterocycles. The second-order valence-corrected chi connectivity index (χ2v) is 9.02. The van der Waals surface area contributed by atoms with Crippen molar-refractivity contribution in [1.29, 1.82) is 5.26 Å². The number of primary amides is 1. The number of hydrogen-bond donors (Lipinski definition) is 2. The van der Waals surface area contributed by atoms with Gasteiger partial charge >= 0.3 is 0 Å². The average molecular weight is 467 g/mol. The molecule has 0 saturated carbocycles. The number of amides is 1. The van der Waals surface area contributed by atoms with Gasteiger partial charge in [0.1, 0.15) is 28.6 Å². The molecule has 172 valence electrons. The maximum atomic E-state index is 12.2. The van der Waals surface area contributed by atoms with Gasteiger partial charge in [0.2, 0.25) is 0 Å². The Balaban J connectivity index is 1.61. The van der Waals surface area contributed by atoms with Crippen LogP contribution in [0.25, 0.3) is 11.3 Å². The number of halogens is 1. The molecule has 0 bridgehead atoms. The third kappa shape index (κ3) is 4.41. The van der Waals surface area contributed by atoms with E-state index in [1.54, 1.807) is 9.58 Å². The summed E-state index contributed by atoms with van der Waals surface area (Å²) in [6.45, 7) is 5.35. The van der Waals surface area contributed by atoms with Gasteiger partial charge < -0.3 is 21.1 Å². The molecule has 4 rings (SSSR count). The Morgan fingerprint density at radius 3 is 2.64 bits per heavy atom. The summed E-state index contributed by atoms with van der Waals surface area (Å²) >= 11 is 6.23. The van der Waals surface area contributed by atoms with E-state index in [0.717, 1.165) is 23.6 Å². The van der Waals surface area contributed by atoms with Gasteiger partial charge in [0.05, 0.1) is 12.6 Å². The second-order valence-electron chi connectivity index (χ2n) is 8.58. The molecule has 8 nitrogen and oxygen atoms in total. The Kier molecular flexibility index (Phi) is 6.34. The average Bonchev–Trinajstić information content (AvgIpc) is 3.17. The van der Waals surface area contributed by atoms with E-state index in [4.69, 9.17) is 27.8 Å². The number of anilines is 1. The summed E-state index contributed by atoms with van der Waals surface area (Å²) in [5.41, 5.74) is 13.3. The normalized spacial score (nSPS) is 22.8. The molecule has 1 aliphatic carbocycles. The lowest BCUT2D eigenvalue weighted by molar-refractivity contribution is 0.100. The standard InChI is InChI=1S/C24H27ClN6O2/c1-14-15(2)20(10-9-19(14)25)33-18-7-5-16(6-8-18)22-21(24(28)32)23(27)31(29-22)17-4-3-11-30(12-17)13-26/h5-10,14-15,17H,3-4,11-12,27H2,1-2H3,(H2,28,32). The smallest absolute Gasteiger partial charge is 0.254 e. The number of carbonyl (C=O) groups is 1. The highest BCUT2D eigenvalue weighted by molar-refractivity contribution is 6.30. The number of allylic oxidation sites excluding steroid dienone is 4. The first-order chi connectivity index (χ1) is 15.8. The minimum atomic E-state index is -0.638. The molecular formula is C24H27ClN6O2. The summed E-state index contributed by atoms with van der Waals surface area (Å²) < 4.78 is 7.72. The fourth-order valence-corrected chi connectivity index (χ4v) is 4.56. The van der Waals surface area contributed by atoms with Gasteiger partial charge in [-0.05, 0) is 49.3 Å². The van der Waals surface area contributed by atoms with Crippen LogP contribution in [0.5, 0.6) is 5.75 Å². The van der Waals surface area contributed by atoms with E-state index in [2.05, 4.69) is 25.1 Å². The van der Waals surface area contributed by atoms with E-state index in [9.17, 15) is 10.1 Å². The molecular weight excluding hydrogens is 440 g/mol. The van der Waals surface area contributed by atoms with E-state index in [1.807, 2.05) is 36.4 Å². The molecule has 2 aromatic rings. The van der Waals surface area contributed by atoms with Crippen LogP contribution in [0.1, 0.15) is 43.1 Å². The van der Waals surface area contributed by atoms with Gasteiger partial charge in [-0.15, -0.1) is 0 Å². The van der Waals surface area contributed by atoms with Crippen molar-refractivity contribution in [3.63, 3.8) is 0 Å². The highest BCUT2D eigenvalue weighted by Crippen LogP contribution is 2.36. The Morgan fingerprint density at radius 2 is 1.97 bits per heavy atom. The van der Waals surface area contributed by atoms with Crippen molar-refractivity contribution in [3.8, 4) is 23.2 Å². The van der Waals surface area contributed by atoms with Crippen LogP contribution < -0.4 is 16.2 Å². The number of rotatable bonds is 5. The maximum Gasteiger partial charge on any atom is 0.254 e. The Morgan fingerprint density at radius 1 is 1.24 bits per heavy atom. The minimum Gasteiger partial charge on any atom is -0.461 e. The van der Waals surface area contributed by atoms with E-state index >= 15 is 0 Å². The molecule has 1 amide bonds. The highest BCUT2D eigenvalue weighted by atomic mass is 35.5. The predicted octanol–water partition coefficient (Wildman–Crippen LogP) is 4.02. The van der Waals surface area contributed by atoms with Crippen LogP contribution in [-0.4, -0.2) is 33.7 Å². The zero-order valence-corrected chi connectivity index (χ0v) is 19.4. The number of piperidine rings is 1. The maximum absolute atomic E-state index is 12.2. The van der Waals surface area contributed by atoms with Gasteiger partial charge in [0.25, 0.3) is 5.91 Å². The number of aromatic nitrogens is 2. The molecule has 33 heavy (non-hydrogen) atoms. The Bertz CT molecular complexity index is 1160. The lowest BCUT2D eigenvalue weighted by atomic mass is 9.90. The topological polar surface area (TPSA) is 123 Å². The van der Waals surface area contributed by atoms with Crippen molar-refractivity contribution in [2.75, 3.05) is 18.8 Å². The second kappa shape index (κ2) is 9.20. The van der Waals surface area contributed by atoms with Crippen LogP contribution in [0.2, 0.25) is 0 Å². The SMILES string of the molecule is CC1C(Cl)=CC=C(Oc2ccc(-c3nn(C4CCCN(C#N)C4)c(N)c3C(N)=O)cc2)C1C. The molecule has 1 fully saturated rings. The summed E-state index contributed by atoms with van der Waals surface area (Å²) in [7, 11) is 0. The van der Waals surface area contributed by atoms with Crippen molar-refractivity contribution in [2.45, 2.75) is 32.7 Å². The van der Waals surface area contributed by atoms with E-state index in [-0.39, 0.29) is 29.3 Å². The van der Waals surface area contributed by atoms with Gasteiger partial charge in [-0.25, -0.2) is 4.68 Å². The fourth-order valence-electron chi connectivity index (χ4n) is 4.31. The molecule has 3 atom stereocenters. The van der Waals surface area contributed by atoms with Crippen LogP contribution in [0.3, 0.4) is 0 Å². The van der Waals surface area contributed by atoms with Crippen molar-refractivity contribution in [1.82, 2.24) is 14.7 Å². The fraction of sp³-hybridized carbons (Fsp3) is 0.375. The zero-order chi connectivity index (χ0) is 23.7. The third-order valence-corrected chi connectivity index (χ3v) is 6.95. The highest BCUT2D eigenvalue weighted by Gasteiger charge is 2.29. The lowest BCUT2D eigenvalue weighted by Gasteiger charge is -2.29. The molecule has 3 unspecified atom stereocenters. The van der Waals surface area contributed by atoms with Crippen LogP contribution in [0, 0.1) is 23.3 Å². The summed E-state index contributed by atoms with van der Waals surface area (Å²) in [6.07, 6.45) is 7.60. The number of benzene rings is 1. The number of likely N-dealkylation sites (tertiary alicyclic amines) is 1. The van der Waals surface area contributed by atoms with Gasteiger partial charge in [0.15, 0.2) is 6.19 Å². The van der Waals surface area contributed by atoms with E-state index < -0.39 is 5.91 Å². The number of hydrogen-bond acceptors (Lipinski definition) is 6. The Hall–Kier alpha value is -3.44. The first-order valence-electron chi connectivity index (χ1n) is 11.0. The van der Waals surface area contributed by atoms with Crippen molar-refractivity contribution in [3.05, 3.63) is 52.8 Å². The first kappa shape index (κ1) is 22.7. The number of nitrogens with two attached hydrogens (primary N) is 2. The largest absolute Gasteiger partial charge is 0.461 e. The lowest BCUT2D eigenvalue weighted by Crippen LogP contribution is -2.34. The van der Waals surface area contributed by atoms with Crippen LogP contribution in [0.15, 0.2) is 47.2 Å². The summed E-state index contributed by atoms with van der Waals surface area (Å²) in [4.78, 5) is 13.9. The Labute approximate surface area is 198 Å². The number of nitriles is 1. The van der Waals surface area contributed by atoms with Crippen molar-refractivity contribution < 1.29 is 9.53 Å². The van der Waals surface area contributed by atoms with Crippen molar-refractivity contribution >= 4 is 23.3 Å². The molecule has 9 heteroatoms. The molecule has 4 N–H and O–H groups in total. The molecule has 1 saturated heterocycles. The molecule has 1 aromatic heterocycles. The van der Waals surface area contributed by atoms with Crippen LogP contribution >= 0.6 is 11.6 Å². The summed E-state index contributed by atoms with van der Waals surface area (Å²) in [5.74, 6) is 1.43. The number of nitrogens with zero attached hydrogens (tertiary/aromatic N) is 4. The van der Waals surface area contributed by atoms with Crippen molar-refractivity contribution in [2.24, 2.45) is 17.6 Å². The molecule has 0 spiro atoms. The third-order valence-electron chi connectivity index (χ3n) is 6.48. The van der Waals surface area contributed by atoms with Gasteiger partial charge in [-0.3, -0.25) is 4.79 Å². The van der Waals surface area contributed by atoms with Gasteiger partial charge in [-0.1, -0.05) is 25.4 Å². The number of carbonyl (C=O) groups excluding carboxylic acids is 1. The monoisotopic (exact) mass is 466 g/mol. The summed E-state index contributed by atoms with van der Waals surface area (Å²) in [5, 5.41) is 14.7. The minimum absolute atomic E-state index is 0.102. The zero-order valence-electron chi connectivity index (χ0n) is 18.7.